The van der Waals surface area contributed by atoms with Gasteiger partial charge in [0.2, 0.25) is 5.91 Å². The Morgan fingerprint density at radius 1 is 1.44 bits per heavy atom. The molecule has 1 aromatic heterocycles. The second-order valence-electron chi connectivity index (χ2n) is 4.72. The molecular formula is C11H18N4O. The molecule has 0 spiro atoms. The Kier molecular flexibility index (Phi) is 3.22. The zero-order chi connectivity index (χ0) is 11.5. The lowest BCUT2D eigenvalue weighted by molar-refractivity contribution is -0.123. The SMILES string of the molecule is CC(C)C(Cn1nccn1)NC(=O)C1CC1. The summed E-state index contributed by atoms with van der Waals surface area (Å²) in [5.74, 6) is 0.825. The van der Waals surface area contributed by atoms with E-state index in [1.807, 2.05) is 0 Å². The van der Waals surface area contributed by atoms with Crippen molar-refractivity contribution in [3.8, 4) is 0 Å². The van der Waals surface area contributed by atoms with E-state index in [-0.39, 0.29) is 17.9 Å². The summed E-state index contributed by atoms with van der Waals surface area (Å²) in [4.78, 5) is 13.3. The fourth-order valence-electron chi connectivity index (χ4n) is 1.58. The number of carbonyl (C=O) groups excluding carboxylic acids is 1. The highest BCUT2D eigenvalue weighted by atomic mass is 16.2. The van der Waals surface area contributed by atoms with E-state index in [0.717, 1.165) is 12.8 Å². The van der Waals surface area contributed by atoms with Crippen LogP contribution in [-0.2, 0) is 11.3 Å². The molecule has 1 aliphatic carbocycles. The monoisotopic (exact) mass is 222 g/mol. The normalized spacial score (nSPS) is 17.4. The first-order valence-electron chi connectivity index (χ1n) is 5.81. The molecule has 88 valence electrons. The van der Waals surface area contributed by atoms with Crippen molar-refractivity contribution in [1.29, 1.82) is 0 Å². The Balaban J connectivity index is 1.91. The van der Waals surface area contributed by atoms with E-state index in [0.29, 0.717) is 12.5 Å². The van der Waals surface area contributed by atoms with Gasteiger partial charge in [-0.3, -0.25) is 4.79 Å². The van der Waals surface area contributed by atoms with Crippen LogP contribution in [0.3, 0.4) is 0 Å². The highest BCUT2D eigenvalue weighted by Gasteiger charge is 2.31. The summed E-state index contributed by atoms with van der Waals surface area (Å²) >= 11 is 0. The molecule has 1 fully saturated rings. The number of nitrogens with zero attached hydrogens (tertiary/aromatic N) is 3. The summed E-state index contributed by atoms with van der Waals surface area (Å²) < 4.78 is 0. The van der Waals surface area contributed by atoms with Crippen LogP contribution in [0.25, 0.3) is 0 Å². The highest BCUT2D eigenvalue weighted by Crippen LogP contribution is 2.29. The van der Waals surface area contributed by atoms with Crippen LogP contribution in [0.4, 0.5) is 0 Å². The van der Waals surface area contributed by atoms with Crippen LogP contribution in [0.5, 0.6) is 0 Å². The molecule has 1 aromatic rings. The lowest BCUT2D eigenvalue weighted by Gasteiger charge is -2.21. The summed E-state index contributed by atoms with van der Waals surface area (Å²) in [5, 5.41) is 11.2. The van der Waals surface area contributed by atoms with Crippen LogP contribution >= 0.6 is 0 Å². The molecule has 1 heterocycles. The molecule has 1 atom stereocenters. The van der Waals surface area contributed by atoms with Gasteiger partial charge in [-0.1, -0.05) is 13.8 Å². The van der Waals surface area contributed by atoms with Gasteiger partial charge in [0.05, 0.1) is 25.0 Å². The van der Waals surface area contributed by atoms with Crippen molar-refractivity contribution >= 4 is 5.91 Å². The van der Waals surface area contributed by atoms with E-state index in [2.05, 4.69) is 29.4 Å². The Hall–Kier alpha value is -1.39. The van der Waals surface area contributed by atoms with Crippen molar-refractivity contribution in [3.63, 3.8) is 0 Å². The van der Waals surface area contributed by atoms with E-state index < -0.39 is 0 Å². The highest BCUT2D eigenvalue weighted by molar-refractivity contribution is 5.81. The smallest absolute Gasteiger partial charge is 0.223 e. The van der Waals surface area contributed by atoms with Gasteiger partial charge >= 0.3 is 0 Å². The van der Waals surface area contributed by atoms with Crippen LogP contribution in [0.1, 0.15) is 26.7 Å². The summed E-state index contributed by atoms with van der Waals surface area (Å²) in [6.45, 7) is 4.84. The van der Waals surface area contributed by atoms with Crippen molar-refractivity contribution in [3.05, 3.63) is 12.4 Å². The van der Waals surface area contributed by atoms with Crippen molar-refractivity contribution in [1.82, 2.24) is 20.3 Å². The number of rotatable bonds is 5. The molecule has 1 amide bonds. The van der Waals surface area contributed by atoms with Crippen LogP contribution in [0.2, 0.25) is 0 Å². The van der Waals surface area contributed by atoms with E-state index in [4.69, 9.17) is 0 Å². The third kappa shape index (κ3) is 2.81. The molecule has 1 saturated carbocycles. The molecule has 16 heavy (non-hydrogen) atoms. The molecule has 1 N–H and O–H groups in total. The second kappa shape index (κ2) is 4.63. The van der Waals surface area contributed by atoms with Crippen molar-refractivity contribution < 1.29 is 4.79 Å². The molecular weight excluding hydrogens is 204 g/mol. The summed E-state index contributed by atoms with van der Waals surface area (Å²) in [6, 6.07) is 0.112. The van der Waals surface area contributed by atoms with E-state index in [1.54, 1.807) is 17.2 Å². The minimum atomic E-state index is 0.112. The van der Waals surface area contributed by atoms with Crippen molar-refractivity contribution in [2.75, 3.05) is 0 Å². The Bertz CT molecular complexity index is 343. The summed E-state index contributed by atoms with van der Waals surface area (Å²) in [5.41, 5.74) is 0. The minimum absolute atomic E-state index is 0.112. The number of nitrogens with one attached hydrogen (secondary N) is 1. The molecule has 5 heteroatoms. The maximum Gasteiger partial charge on any atom is 0.223 e. The van der Waals surface area contributed by atoms with Gasteiger partial charge in [0.15, 0.2) is 0 Å². The van der Waals surface area contributed by atoms with Crippen molar-refractivity contribution in [2.24, 2.45) is 11.8 Å². The number of carbonyl (C=O) groups is 1. The Morgan fingerprint density at radius 2 is 2.06 bits per heavy atom. The second-order valence-corrected chi connectivity index (χ2v) is 4.72. The summed E-state index contributed by atoms with van der Waals surface area (Å²) in [7, 11) is 0. The molecule has 0 saturated heterocycles. The van der Waals surface area contributed by atoms with Gasteiger partial charge in [-0.05, 0) is 18.8 Å². The third-order valence-electron chi connectivity index (χ3n) is 2.91. The van der Waals surface area contributed by atoms with Gasteiger partial charge in [-0.2, -0.15) is 15.0 Å². The fraction of sp³-hybridized carbons (Fsp3) is 0.727. The van der Waals surface area contributed by atoms with E-state index >= 15 is 0 Å². The number of hydrogen-bond acceptors (Lipinski definition) is 3. The zero-order valence-electron chi connectivity index (χ0n) is 9.76. The van der Waals surface area contributed by atoms with Gasteiger partial charge in [0.1, 0.15) is 0 Å². The Morgan fingerprint density at radius 3 is 2.56 bits per heavy atom. The molecule has 2 rings (SSSR count). The van der Waals surface area contributed by atoms with E-state index in [1.165, 1.54) is 0 Å². The van der Waals surface area contributed by atoms with Crippen LogP contribution in [-0.4, -0.2) is 26.9 Å². The molecule has 5 nitrogen and oxygen atoms in total. The van der Waals surface area contributed by atoms with Crippen LogP contribution in [0, 0.1) is 11.8 Å². The number of aromatic nitrogens is 3. The zero-order valence-corrected chi connectivity index (χ0v) is 9.76. The summed E-state index contributed by atoms with van der Waals surface area (Å²) in [6.07, 6.45) is 5.38. The third-order valence-corrected chi connectivity index (χ3v) is 2.91. The molecule has 1 aliphatic rings. The van der Waals surface area contributed by atoms with Gasteiger partial charge in [-0.15, -0.1) is 0 Å². The van der Waals surface area contributed by atoms with Crippen molar-refractivity contribution in [2.45, 2.75) is 39.3 Å². The first-order valence-corrected chi connectivity index (χ1v) is 5.81. The van der Waals surface area contributed by atoms with Gasteiger partial charge in [0.25, 0.3) is 0 Å². The molecule has 0 radical (unpaired) electrons. The van der Waals surface area contributed by atoms with Gasteiger partial charge < -0.3 is 5.32 Å². The minimum Gasteiger partial charge on any atom is -0.351 e. The first-order chi connectivity index (χ1) is 7.66. The maximum atomic E-state index is 11.7. The molecule has 1 unspecified atom stereocenters. The predicted molar refractivity (Wildman–Crippen MR) is 59.5 cm³/mol. The van der Waals surface area contributed by atoms with Gasteiger partial charge in [0, 0.05) is 5.92 Å². The topological polar surface area (TPSA) is 59.8 Å². The largest absolute Gasteiger partial charge is 0.351 e. The number of amides is 1. The Labute approximate surface area is 95.2 Å². The first kappa shape index (κ1) is 11.1. The van der Waals surface area contributed by atoms with Gasteiger partial charge in [-0.25, -0.2) is 0 Å². The lowest BCUT2D eigenvalue weighted by atomic mass is 10.0. The fourth-order valence-corrected chi connectivity index (χ4v) is 1.58. The lowest BCUT2D eigenvalue weighted by Crippen LogP contribution is -2.42. The average molecular weight is 222 g/mol. The molecule has 0 aliphatic heterocycles. The molecule has 0 bridgehead atoms. The van der Waals surface area contributed by atoms with E-state index in [9.17, 15) is 4.79 Å². The average Bonchev–Trinajstić information content (AvgIpc) is 2.97. The quantitative estimate of drug-likeness (QED) is 0.802. The molecule has 0 aromatic carbocycles. The van der Waals surface area contributed by atoms with Crippen LogP contribution in [0.15, 0.2) is 12.4 Å². The number of hydrogen-bond donors (Lipinski definition) is 1. The van der Waals surface area contributed by atoms with Crippen LogP contribution < -0.4 is 5.32 Å². The standard InChI is InChI=1S/C11H18N4O/c1-8(2)10(7-15-12-5-6-13-15)14-11(16)9-3-4-9/h5-6,8-10H,3-4,7H2,1-2H3,(H,14,16). The predicted octanol–water partition coefficient (Wildman–Crippen LogP) is 0.829. The maximum absolute atomic E-state index is 11.7.